The minimum absolute atomic E-state index is 0.148. The summed E-state index contributed by atoms with van der Waals surface area (Å²) in [6.45, 7) is 5.31. The van der Waals surface area contributed by atoms with Crippen LogP contribution in [0.25, 0.3) is 0 Å². The van der Waals surface area contributed by atoms with Gasteiger partial charge in [0.05, 0.1) is 0 Å². The molecule has 0 spiro atoms. The maximum Gasteiger partial charge on any atom is 0.270 e. The smallest absolute Gasteiger partial charge is 0.270 e. The van der Waals surface area contributed by atoms with Crippen LogP contribution in [-0.4, -0.2) is 29.0 Å². The van der Waals surface area contributed by atoms with Crippen molar-refractivity contribution in [1.82, 2.24) is 15.3 Å². The molecule has 2 N–H and O–H groups in total. The molecule has 0 unspecified atom stereocenters. The third-order valence-corrected chi connectivity index (χ3v) is 3.39. The van der Waals surface area contributed by atoms with Crippen LogP contribution in [0.5, 0.6) is 0 Å². The molecule has 23 heavy (non-hydrogen) atoms. The summed E-state index contributed by atoms with van der Waals surface area (Å²) in [6, 6.07) is 12.1. The fourth-order valence-corrected chi connectivity index (χ4v) is 2.23. The summed E-state index contributed by atoms with van der Waals surface area (Å²) in [7, 11) is 0. The van der Waals surface area contributed by atoms with Crippen molar-refractivity contribution in [2.75, 3.05) is 18.4 Å². The molecule has 0 radical (unpaired) electrons. The Labute approximate surface area is 137 Å². The number of nitrogens with one attached hydrogen (secondary N) is 2. The third kappa shape index (κ3) is 5.70. The maximum atomic E-state index is 12.0. The van der Waals surface area contributed by atoms with Gasteiger partial charge in [-0.05, 0) is 37.8 Å². The Kier molecular flexibility index (Phi) is 6.54. The normalized spacial score (nSPS) is 10.3. The van der Waals surface area contributed by atoms with Gasteiger partial charge in [0.25, 0.3) is 5.91 Å². The van der Waals surface area contributed by atoms with Crippen LogP contribution in [0, 0.1) is 6.92 Å². The molecule has 122 valence electrons. The molecule has 0 aliphatic carbocycles. The van der Waals surface area contributed by atoms with Gasteiger partial charge < -0.3 is 10.6 Å². The van der Waals surface area contributed by atoms with Crippen molar-refractivity contribution in [3.8, 4) is 0 Å². The van der Waals surface area contributed by atoms with Crippen molar-refractivity contribution in [3.63, 3.8) is 0 Å². The molecule has 1 aromatic carbocycles. The van der Waals surface area contributed by atoms with Gasteiger partial charge in [-0.1, -0.05) is 37.3 Å². The summed E-state index contributed by atoms with van der Waals surface area (Å²) >= 11 is 0. The number of aromatic nitrogens is 2. The summed E-state index contributed by atoms with van der Waals surface area (Å²) in [5.74, 6) is 0.365. The summed E-state index contributed by atoms with van der Waals surface area (Å²) < 4.78 is 0. The Morgan fingerprint density at radius 3 is 2.65 bits per heavy atom. The fourth-order valence-electron chi connectivity index (χ4n) is 2.23. The largest absolute Gasteiger partial charge is 0.354 e. The molecular weight excluding hydrogens is 288 g/mol. The second-order valence-electron chi connectivity index (χ2n) is 5.49. The SMILES string of the molecule is CCCNC(=O)c1cc(C)nc(NCCCc2ccccc2)n1. The molecule has 1 amide bonds. The second-order valence-corrected chi connectivity index (χ2v) is 5.49. The highest BCUT2D eigenvalue weighted by Gasteiger charge is 2.09. The van der Waals surface area contributed by atoms with Crippen molar-refractivity contribution < 1.29 is 4.79 Å². The molecular formula is C18H24N4O. The van der Waals surface area contributed by atoms with Gasteiger partial charge >= 0.3 is 0 Å². The molecule has 0 bridgehead atoms. The number of amides is 1. The lowest BCUT2D eigenvalue weighted by Gasteiger charge is -2.08. The summed E-state index contributed by atoms with van der Waals surface area (Å²) in [4.78, 5) is 20.6. The van der Waals surface area contributed by atoms with Gasteiger partial charge in [0.2, 0.25) is 5.95 Å². The Morgan fingerprint density at radius 2 is 1.91 bits per heavy atom. The van der Waals surface area contributed by atoms with Crippen molar-refractivity contribution >= 4 is 11.9 Å². The van der Waals surface area contributed by atoms with Crippen LogP contribution in [0.2, 0.25) is 0 Å². The molecule has 0 fully saturated rings. The molecule has 5 heteroatoms. The number of anilines is 1. The lowest BCUT2D eigenvalue weighted by atomic mass is 10.1. The number of nitrogens with zero attached hydrogens (tertiary/aromatic N) is 2. The van der Waals surface area contributed by atoms with Gasteiger partial charge in [-0.2, -0.15) is 0 Å². The lowest BCUT2D eigenvalue weighted by molar-refractivity contribution is 0.0948. The molecule has 2 aromatic rings. The molecule has 2 rings (SSSR count). The molecule has 0 saturated carbocycles. The van der Waals surface area contributed by atoms with Gasteiger partial charge in [0.1, 0.15) is 5.69 Å². The predicted molar refractivity (Wildman–Crippen MR) is 92.6 cm³/mol. The van der Waals surface area contributed by atoms with Crippen LogP contribution in [0.3, 0.4) is 0 Å². The topological polar surface area (TPSA) is 66.9 Å². The van der Waals surface area contributed by atoms with E-state index in [1.54, 1.807) is 6.07 Å². The Morgan fingerprint density at radius 1 is 1.13 bits per heavy atom. The zero-order chi connectivity index (χ0) is 16.5. The molecule has 0 aliphatic heterocycles. The summed E-state index contributed by atoms with van der Waals surface area (Å²) in [6.07, 6.45) is 2.89. The number of benzene rings is 1. The van der Waals surface area contributed by atoms with Gasteiger partial charge in [-0.15, -0.1) is 0 Å². The van der Waals surface area contributed by atoms with Crippen molar-refractivity contribution in [2.45, 2.75) is 33.1 Å². The van der Waals surface area contributed by atoms with Crippen LogP contribution in [0.1, 0.15) is 41.5 Å². The first-order valence-corrected chi connectivity index (χ1v) is 8.10. The van der Waals surface area contributed by atoms with E-state index in [0.29, 0.717) is 18.2 Å². The number of rotatable bonds is 8. The quantitative estimate of drug-likeness (QED) is 0.735. The Bertz CT molecular complexity index is 628. The second kappa shape index (κ2) is 8.88. The zero-order valence-electron chi connectivity index (χ0n) is 13.8. The minimum atomic E-state index is -0.148. The summed E-state index contributed by atoms with van der Waals surface area (Å²) in [5.41, 5.74) is 2.52. The maximum absolute atomic E-state index is 12.0. The fraction of sp³-hybridized carbons (Fsp3) is 0.389. The van der Waals surface area contributed by atoms with E-state index in [0.717, 1.165) is 31.5 Å². The monoisotopic (exact) mass is 312 g/mol. The van der Waals surface area contributed by atoms with Crippen LogP contribution >= 0.6 is 0 Å². The summed E-state index contributed by atoms with van der Waals surface area (Å²) in [5, 5.41) is 6.04. The van der Waals surface area contributed by atoms with Gasteiger partial charge in [0.15, 0.2) is 0 Å². The van der Waals surface area contributed by atoms with E-state index in [4.69, 9.17) is 0 Å². The molecule has 0 saturated heterocycles. The number of carbonyl (C=O) groups is 1. The van der Waals surface area contributed by atoms with Crippen molar-refractivity contribution in [3.05, 3.63) is 53.3 Å². The van der Waals surface area contributed by atoms with Gasteiger partial charge in [-0.3, -0.25) is 4.79 Å². The van der Waals surface area contributed by atoms with Crippen LogP contribution < -0.4 is 10.6 Å². The van der Waals surface area contributed by atoms with E-state index < -0.39 is 0 Å². The molecule has 1 aromatic heterocycles. The first-order valence-electron chi connectivity index (χ1n) is 8.10. The van der Waals surface area contributed by atoms with Crippen molar-refractivity contribution in [1.29, 1.82) is 0 Å². The molecule has 1 heterocycles. The average Bonchev–Trinajstić information content (AvgIpc) is 2.57. The highest BCUT2D eigenvalue weighted by atomic mass is 16.1. The number of aryl methyl sites for hydroxylation is 2. The number of hydrogen-bond donors (Lipinski definition) is 2. The van der Waals surface area contributed by atoms with Gasteiger partial charge in [0, 0.05) is 18.8 Å². The Balaban J connectivity index is 1.87. The number of hydrogen-bond acceptors (Lipinski definition) is 4. The van der Waals surface area contributed by atoms with Crippen LogP contribution in [0.15, 0.2) is 36.4 Å². The van der Waals surface area contributed by atoms with Crippen LogP contribution in [0.4, 0.5) is 5.95 Å². The number of carbonyl (C=O) groups excluding carboxylic acids is 1. The predicted octanol–water partition coefficient (Wildman–Crippen LogP) is 2.97. The molecule has 0 atom stereocenters. The van der Waals surface area contributed by atoms with E-state index >= 15 is 0 Å². The minimum Gasteiger partial charge on any atom is -0.354 e. The van der Waals surface area contributed by atoms with E-state index in [9.17, 15) is 4.79 Å². The Hall–Kier alpha value is -2.43. The van der Waals surface area contributed by atoms with E-state index in [1.165, 1.54) is 5.56 Å². The van der Waals surface area contributed by atoms with E-state index in [-0.39, 0.29) is 5.91 Å². The molecule has 5 nitrogen and oxygen atoms in total. The standard InChI is InChI=1S/C18H24N4O/c1-3-11-19-17(23)16-13-14(2)21-18(22-16)20-12-7-10-15-8-5-4-6-9-15/h4-6,8-9,13H,3,7,10-12H2,1-2H3,(H,19,23)(H,20,21,22). The molecule has 0 aliphatic rings. The first kappa shape index (κ1) is 16.9. The average molecular weight is 312 g/mol. The van der Waals surface area contributed by atoms with E-state index in [1.807, 2.05) is 32.0 Å². The lowest BCUT2D eigenvalue weighted by Crippen LogP contribution is -2.25. The highest BCUT2D eigenvalue weighted by Crippen LogP contribution is 2.07. The highest BCUT2D eigenvalue weighted by molar-refractivity contribution is 5.92. The van der Waals surface area contributed by atoms with E-state index in [2.05, 4.69) is 32.7 Å². The van der Waals surface area contributed by atoms with Crippen LogP contribution in [-0.2, 0) is 6.42 Å². The third-order valence-electron chi connectivity index (χ3n) is 3.39. The van der Waals surface area contributed by atoms with Crippen molar-refractivity contribution in [2.24, 2.45) is 0 Å². The first-order chi connectivity index (χ1) is 11.2. The van der Waals surface area contributed by atoms with Gasteiger partial charge in [-0.25, -0.2) is 9.97 Å². The zero-order valence-corrected chi connectivity index (χ0v) is 13.8.